The Labute approximate surface area is 182 Å². The van der Waals surface area contributed by atoms with E-state index < -0.39 is 0 Å². The van der Waals surface area contributed by atoms with E-state index in [4.69, 9.17) is 4.74 Å². The van der Waals surface area contributed by atoms with Crippen molar-refractivity contribution in [3.63, 3.8) is 0 Å². The second-order valence-corrected chi connectivity index (χ2v) is 8.95. The lowest BCUT2D eigenvalue weighted by Crippen LogP contribution is -2.41. The zero-order chi connectivity index (χ0) is 22.2. The number of ether oxygens (including phenoxy) is 1. The van der Waals surface area contributed by atoms with Gasteiger partial charge < -0.3 is 10.1 Å². The van der Waals surface area contributed by atoms with Gasteiger partial charge in [0, 0.05) is 23.7 Å². The lowest BCUT2D eigenvalue weighted by Gasteiger charge is -2.40. The third-order valence-corrected chi connectivity index (χ3v) is 5.92. The van der Waals surface area contributed by atoms with Crippen molar-refractivity contribution >= 4 is 5.78 Å². The number of benzene rings is 2. The first-order chi connectivity index (χ1) is 14.8. The number of carbonyl (C=O) groups is 1. The summed E-state index contributed by atoms with van der Waals surface area (Å²) in [6, 6.07) is 16.1. The van der Waals surface area contributed by atoms with E-state index in [2.05, 4.69) is 31.3 Å². The van der Waals surface area contributed by atoms with E-state index in [9.17, 15) is 14.4 Å². The predicted octanol–water partition coefficient (Wildman–Crippen LogP) is 5.39. The van der Waals surface area contributed by atoms with Gasteiger partial charge in [-0.1, -0.05) is 44.2 Å². The maximum absolute atomic E-state index is 13.1. The van der Waals surface area contributed by atoms with E-state index in [1.807, 2.05) is 31.2 Å². The van der Waals surface area contributed by atoms with Gasteiger partial charge in [-0.3, -0.25) is 4.79 Å². The number of hydrogen-bond acceptors (Lipinski definition) is 4. The van der Waals surface area contributed by atoms with Crippen molar-refractivity contribution in [1.29, 1.82) is 5.26 Å². The first-order valence-corrected chi connectivity index (χ1v) is 10.4. The van der Waals surface area contributed by atoms with Crippen LogP contribution in [0, 0.1) is 28.5 Å². The minimum Gasteiger partial charge on any atom is -0.489 e. The van der Waals surface area contributed by atoms with Crippen LogP contribution >= 0.6 is 0 Å². The van der Waals surface area contributed by atoms with Gasteiger partial charge >= 0.3 is 0 Å². The summed E-state index contributed by atoms with van der Waals surface area (Å²) in [5.74, 6) is -0.143. The summed E-state index contributed by atoms with van der Waals surface area (Å²) in [5.41, 5.74) is 3.85. The minimum absolute atomic E-state index is 0.150. The van der Waals surface area contributed by atoms with Crippen LogP contribution in [0.25, 0.3) is 0 Å². The Morgan fingerprint density at radius 3 is 2.45 bits per heavy atom. The minimum atomic E-state index is -0.377. The first kappa shape index (κ1) is 20.9. The van der Waals surface area contributed by atoms with Crippen LogP contribution in [-0.2, 0) is 11.4 Å². The molecular formula is C26H25FN2O2. The monoisotopic (exact) mass is 416 g/mol. The molecule has 1 aliphatic heterocycles. The van der Waals surface area contributed by atoms with Crippen LogP contribution in [0.1, 0.15) is 44.2 Å². The zero-order valence-corrected chi connectivity index (χ0v) is 17.9. The molecule has 4 rings (SSSR count). The standard InChI is InChI=1S/C26H25FN2O2/c1-16-21(14-28)24(25-22(29-16)12-26(2,3)13-23(25)30)18-6-10-20(11-7-18)31-15-17-4-8-19(27)9-5-17/h4-12,24-25,29H,13,15H2,1-3H3. The molecule has 2 unspecified atom stereocenters. The van der Waals surface area contributed by atoms with E-state index in [0.29, 0.717) is 24.4 Å². The second-order valence-electron chi connectivity index (χ2n) is 8.95. The molecule has 31 heavy (non-hydrogen) atoms. The van der Waals surface area contributed by atoms with Gasteiger partial charge in [0.1, 0.15) is 24.0 Å². The molecule has 1 aliphatic carbocycles. The van der Waals surface area contributed by atoms with Crippen LogP contribution in [0.3, 0.4) is 0 Å². The molecule has 2 aromatic carbocycles. The molecule has 2 aliphatic rings. The average molecular weight is 416 g/mol. The fourth-order valence-corrected chi connectivity index (χ4v) is 4.49. The van der Waals surface area contributed by atoms with Crippen molar-refractivity contribution in [1.82, 2.24) is 5.32 Å². The number of Topliss-reactive ketones (excluding diaryl/α,β-unsaturated/α-hetero) is 1. The third kappa shape index (κ3) is 4.25. The van der Waals surface area contributed by atoms with Gasteiger partial charge in [0.25, 0.3) is 0 Å². The van der Waals surface area contributed by atoms with Gasteiger partial charge in [-0.05, 0) is 47.7 Å². The van der Waals surface area contributed by atoms with Crippen LogP contribution in [-0.4, -0.2) is 5.78 Å². The number of carbonyl (C=O) groups excluding carboxylic acids is 1. The van der Waals surface area contributed by atoms with Crippen molar-refractivity contribution in [2.75, 3.05) is 0 Å². The van der Waals surface area contributed by atoms with Crippen molar-refractivity contribution in [3.8, 4) is 11.8 Å². The molecular weight excluding hydrogens is 391 g/mol. The summed E-state index contributed by atoms with van der Waals surface area (Å²) in [6.45, 7) is 6.32. The summed E-state index contributed by atoms with van der Waals surface area (Å²) in [7, 11) is 0. The van der Waals surface area contributed by atoms with Gasteiger partial charge in [0.15, 0.2) is 0 Å². The van der Waals surface area contributed by atoms with Crippen LogP contribution in [0.4, 0.5) is 4.39 Å². The molecule has 2 aromatic rings. The molecule has 1 heterocycles. The predicted molar refractivity (Wildman–Crippen MR) is 116 cm³/mol. The molecule has 0 radical (unpaired) electrons. The molecule has 5 heteroatoms. The maximum atomic E-state index is 13.1. The molecule has 2 atom stereocenters. The molecule has 0 saturated carbocycles. The number of halogens is 1. The summed E-state index contributed by atoms with van der Waals surface area (Å²) < 4.78 is 18.9. The summed E-state index contributed by atoms with van der Waals surface area (Å²) >= 11 is 0. The third-order valence-electron chi connectivity index (χ3n) is 5.92. The Kier molecular flexibility index (Phi) is 5.41. The highest BCUT2D eigenvalue weighted by atomic mass is 19.1. The van der Waals surface area contributed by atoms with E-state index in [0.717, 1.165) is 22.5 Å². The maximum Gasteiger partial charge on any atom is 0.143 e. The normalized spacial score (nSPS) is 22.2. The molecule has 0 fully saturated rings. The van der Waals surface area contributed by atoms with E-state index in [-0.39, 0.29) is 28.9 Å². The summed E-state index contributed by atoms with van der Waals surface area (Å²) in [4.78, 5) is 13.1. The fourth-order valence-electron chi connectivity index (χ4n) is 4.49. The number of allylic oxidation sites excluding steroid dienone is 4. The summed E-state index contributed by atoms with van der Waals surface area (Å²) in [5, 5.41) is 13.1. The number of nitrogens with zero attached hydrogens (tertiary/aromatic N) is 1. The zero-order valence-electron chi connectivity index (χ0n) is 17.9. The fraction of sp³-hybridized carbons (Fsp3) is 0.308. The highest BCUT2D eigenvalue weighted by Gasteiger charge is 2.44. The van der Waals surface area contributed by atoms with Crippen molar-refractivity contribution in [2.24, 2.45) is 11.3 Å². The lowest BCUT2D eigenvalue weighted by atomic mass is 9.66. The lowest BCUT2D eigenvalue weighted by molar-refractivity contribution is -0.124. The Bertz CT molecular complexity index is 1110. The van der Waals surface area contributed by atoms with Gasteiger partial charge in [0.05, 0.1) is 17.6 Å². The van der Waals surface area contributed by atoms with E-state index in [1.54, 1.807) is 12.1 Å². The largest absolute Gasteiger partial charge is 0.489 e. The van der Waals surface area contributed by atoms with E-state index in [1.165, 1.54) is 12.1 Å². The molecule has 4 nitrogen and oxygen atoms in total. The van der Waals surface area contributed by atoms with Crippen LogP contribution < -0.4 is 10.1 Å². The number of rotatable bonds is 4. The molecule has 158 valence electrons. The average Bonchev–Trinajstić information content (AvgIpc) is 2.72. The highest BCUT2D eigenvalue weighted by molar-refractivity contribution is 5.88. The smallest absolute Gasteiger partial charge is 0.143 e. The SMILES string of the molecule is CC1=C(C#N)C(c2ccc(OCc3ccc(F)cc3)cc2)C2C(=O)CC(C)(C)C=C2N1. The number of hydrogen-bond donors (Lipinski definition) is 1. The van der Waals surface area contributed by atoms with Gasteiger partial charge in [-0.2, -0.15) is 5.26 Å². The van der Waals surface area contributed by atoms with Gasteiger partial charge in [-0.25, -0.2) is 4.39 Å². The van der Waals surface area contributed by atoms with Crippen molar-refractivity contribution in [3.05, 3.63) is 88.5 Å². The molecule has 0 spiro atoms. The van der Waals surface area contributed by atoms with Crippen LogP contribution in [0.15, 0.2) is 71.6 Å². The number of nitrogens with one attached hydrogen (secondary N) is 1. The van der Waals surface area contributed by atoms with Crippen molar-refractivity contribution < 1.29 is 13.9 Å². The second kappa shape index (κ2) is 8.03. The molecule has 0 amide bonds. The highest BCUT2D eigenvalue weighted by Crippen LogP contribution is 2.46. The molecule has 1 N–H and O–H groups in total. The van der Waals surface area contributed by atoms with Crippen LogP contribution in [0.2, 0.25) is 0 Å². The van der Waals surface area contributed by atoms with E-state index >= 15 is 0 Å². The first-order valence-electron chi connectivity index (χ1n) is 10.4. The topological polar surface area (TPSA) is 62.1 Å². The van der Waals surface area contributed by atoms with Crippen LogP contribution in [0.5, 0.6) is 5.75 Å². The van der Waals surface area contributed by atoms with Crippen molar-refractivity contribution in [2.45, 2.75) is 39.7 Å². The molecule has 0 saturated heterocycles. The number of fused-ring (bicyclic) bond motifs is 1. The molecule has 0 aromatic heterocycles. The van der Waals surface area contributed by atoms with Gasteiger partial charge in [0.2, 0.25) is 0 Å². The number of ketones is 1. The Morgan fingerprint density at radius 1 is 1.13 bits per heavy atom. The van der Waals surface area contributed by atoms with Gasteiger partial charge in [-0.15, -0.1) is 0 Å². The Hall–Kier alpha value is -3.39. The quantitative estimate of drug-likeness (QED) is 0.726. The Balaban J connectivity index is 1.61. The number of nitriles is 1. The molecule has 0 bridgehead atoms. The summed E-state index contributed by atoms with van der Waals surface area (Å²) in [6.07, 6.45) is 2.58. The Morgan fingerprint density at radius 2 is 1.81 bits per heavy atom.